The lowest BCUT2D eigenvalue weighted by molar-refractivity contribution is -0.137. The van der Waals surface area contributed by atoms with Crippen LogP contribution in [0.5, 0.6) is 11.5 Å². The molecule has 17 heavy (non-hydrogen) atoms. The summed E-state index contributed by atoms with van der Waals surface area (Å²) in [5, 5.41) is 8.76. The highest BCUT2D eigenvalue weighted by atomic mass is 79.9. The van der Waals surface area contributed by atoms with Crippen LogP contribution in [0.3, 0.4) is 0 Å². The lowest BCUT2D eigenvalue weighted by Gasteiger charge is -2.17. The zero-order valence-corrected chi connectivity index (χ0v) is 11.2. The molecule has 1 aromatic rings. The van der Waals surface area contributed by atoms with Crippen LogP contribution in [0.25, 0.3) is 0 Å². The number of hydrogen-bond donors (Lipinski definition) is 2. The highest BCUT2D eigenvalue weighted by Gasteiger charge is 2.21. The quantitative estimate of drug-likeness (QED) is 0.869. The lowest BCUT2D eigenvalue weighted by Crippen LogP contribution is -2.16. The van der Waals surface area contributed by atoms with Gasteiger partial charge in [0, 0.05) is 11.6 Å². The average Bonchev–Trinajstić information content (AvgIpc) is 2.27. The minimum absolute atomic E-state index is 0.178. The summed E-state index contributed by atoms with van der Waals surface area (Å²) < 4.78 is 10.9. The van der Waals surface area contributed by atoms with Crippen molar-refractivity contribution in [2.24, 2.45) is 5.73 Å². The third-order valence-electron chi connectivity index (χ3n) is 2.31. The van der Waals surface area contributed by atoms with Crippen molar-refractivity contribution in [3.63, 3.8) is 0 Å². The number of halogens is 1. The molecular formula is C11H14BrNO4. The zero-order valence-electron chi connectivity index (χ0n) is 9.57. The van der Waals surface area contributed by atoms with Gasteiger partial charge in [0.25, 0.3) is 0 Å². The Bertz CT molecular complexity index is 422. The highest BCUT2D eigenvalue weighted by molar-refractivity contribution is 9.10. The van der Waals surface area contributed by atoms with E-state index in [1.54, 1.807) is 12.1 Å². The summed E-state index contributed by atoms with van der Waals surface area (Å²) in [5.74, 6) is 0.155. The van der Waals surface area contributed by atoms with Crippen LogP contribution in [0.1, 0.15) is 18.0 Å². The summed E-state index contributed by atoms with van der Waals surface area (Å²) >= 11 is 3.35. The third kappa shape index (κ3) is 3.10. The Morgan fingerprint density at radius 3 is 2.41 bits per heavy atom. The summed E-state index contributed by atoms with van der Waals surface area (Å²) in [5.41, 5.74) is 6.44. The van der Waals surface area contributed by atoms with E-state index < -0.39 is 12.0 Å². The number of benzene rings is 1. The van der Waals surface area contributed by atoms with Gasteiger partial charge in [0.2, 0.25) is 0 Å². The van der Waals surface area contributed by atoms with E-state index in [9.17, 15) is 4.79 Å². The van der Waals surface area contributed by atoms with E-state index in [0.29, 0.717) is 21.5 Å². The molecule has 0 aromatic heterocycles. The van der Waals surface area contributed by atoms with Gasteiger partial charge in [-0.15, -0.1) is 0 Å². The Morgan fingerprint density at radius 1 is 1.41 bits per heavy atom. The number of aliphatic carboxylic acids is 1. The first kappa shape index (κ1) is 13.8. The second-order valence-corrected chi connectivity index (χ2v) is 4.20. The number of nitrogens with two attached hydrogens (primary N) is 1. The fraction of sp³-hybridized carbons (Fsp3) is 0.364. The van der Waals surface area contributed by atoms with E-state index in [4.69, 9.17) is 20.3 Å². The summed E-state index contributed by atoms with van der Waals surface area (Å²) in [6, 6.07) is 2.76. The monoisotopic (exact) mass is 303 g/mol. The smallest absolute Gasteiger partial charge is 0.305 e. The Kier molecular flexibility index (Phi) is 4.77. The molecule has 0 aliphatic rings. The average molecular weight is 304 g/mol. The highest BCUT2D eigenvalue weighted by Crippen LogP contribution is 2.39. The third-order valence-corrected chi connectivity index (χ3v) is 3.13. The van der Waals surface area contributed by atoms with Gasteiger partial charge in [0.15, 0.2) is 0 Å². The molecule has 5 nitrogen and oxygen atoms in total. The molecule has 0 aliphatic carbocycles. The van der Waals surface area contributed by atoms with E-state index in [1.165, 1.54) is 14.2 Å². The van der Waals surface area contributed by atoms with Crippen molar-refractivity contribution in [3.8, 4) is 11.5 Å². The number of carboxylic acid groups (broad SMARTS) is 1. The van der Waals surface area contributed by atoms with Gasteiger partial charge in [0.05, 0.1) is 25.1 Å². The number of hydrogen-bond acceptors (Lipinski definition) is 4. The molecule has 0 fully saturated rings. The minimum Gasteiger partial charge on any atom is -0.496 e. The van der Waals surface area contributed by atoms with Gasteiger partial charge < -0.3 is 20.3 Å². The van der Waals surface area contributed by atoms with Crippen LogP contribution in [-0.4, -0.2) is 25.3 Å². The van der Waals surface area contributed by atoms with Gasteiger partial charge in [0.1, 0.15) is 11.5 Å². The zero-order chi connectivity index (χ0) is 13.0. The molecule has 1 aromatic carbocycles. The maximum atomic E-state index is 10.7. The fourth-order valence-electron chi connectivity index (χ4n) is 1.53. The Morgan fingerprint density at radius 2 is 1.94 bits per heavy atom. The first-order valence-electron chi connectivity index (χ1n) is 4.89. The summed E-state index contributed by atoms with van der Waals surface area (Å²) in [4.78, 5) is 10.7. The van der Waals surface area contributed by atoms with Crippen LogP contribution < -0.4 is 15.2 Å². The van der Waals surface area contributed by atoms with Crippen LogP contribution in [0, 0.1) is 0 Å². The van der Waals surface area contributed by atoms with Crippen molar-refractivity contribution in [2.75, 3.05) is 14.2 Å². The second-order valence-electron chi connectivity index (χ2n) is 3.40. The van der Waals surface area contributed by atoms with E-state index in [2.05, 4.69) is 15.9 Å². The molecule has 0 radical (unpaired) electrons. The predicted molar refractivity (Wildman–Crippen MR) is 66.4 cm³/mol. The van der Waals surface area contributed by atoms with Crippen molar-refractivity contribution in [1.29, 1.82) is 0 Å². The van der Waals surface area contributed by atoms with Crippen LogP contribution in [0.2, 0.25) is 0 Å². The van der Waals surface area contributed by atoms with E-state index in [1.807, 2.05) is 0 Å². The molecule has 0 aliphatic heterocycles. The van der Waals surface area contributed by atoms with Crippen LogP contribution in [-0.2, 0) is 4.79 Å². The van der Waals surface area contributed by atoms with Crippen molar-refractivity contribution < 1.29 is 19.4 Å². The molecule has 1 atom stereocenters. The molecule has 3 N–H and O–H groups in total. The van der Waals surface area contributed by atoms with Gasteiger partial charge in [-0.3, -0.25) is 4.79 Å². The molecule has 0 saturated heterocycles. The van der Waals surface area contributed by atoms with Crippen molar-refractivity contribution in [3.05, 3.63) is 22.2 Å². The minimum atomic E-state index is -0.964. The van der Waals surface area contributed by atoms with E-state index >= 15 is 0 Å². The van der Waals surface area contributed by atoms with Crippen LogP contribution >= 0.6 is 15.9 Å². The summed E-state index contributed by atoms with van der Waals surface area (Å²) in [7, 11) is 3.03. The molecule has 0 amide bonds. The van der Waals surface area contributed by atoms with Crippen molar-refractivity contribution in [2.45, 2.75) is 12.5 Å². The van der Waals surface area contributed by atoms with E-state index in [-0.39, 0.29) is 6.42 Å². The SMILES string of the molecule is COc1ccc(OC)c(C(N)CC(=O)O)c1Br. The van der Waals surface area contributed by atoms with Gasteiger partial charge in [-0.1, -0.05) is 0 Å². The predicted octanol–water partition coefficient (Wildman–Crippen LogP) is 1.94. The number of ether oxygens (including phenoxy) is 2. The van der Waals surface area contributed by atoms with Gasteiger partial charge in [-0.05, 0) is 28.1 Å². The maximum Gasteiger partial charge on any atom is 0.305 e. The first-order valence-corrected chi connectivity index (χ1v) is 5.68. The van der Waals surface area contributed by atoms with Gasteiger partial charge >= 0.3 is 5.97 Å². The van der Waals surface area contributed by atoms with Crippen LogP contribution in [0.4, 0.5) is 0 Å². The lowest BCUT2D eigenvalue weighted by atomic mass is 10.0. The Labute approximate surface area is 108 Å². The normalized spacial score (nSPS) is 12.0. The summed E-state index contributed by atoms with van der Waals surface area (Å²) in [6.07, 6.45) is -0.178. The number of methoxy groups -OCH3 is 2. The molecule has 6 heteroatoms. The molecule has 1 unspecified atom stereocenters. The van der Waals surface area contributed by atoms with Crippen molar-refractivity contribution in [1.82, 2.24) is 0 Å². The standard InChI is InChI=1S/C11H14BrNO4/c1-16-7-3-4-8(17-2)11(12)10(7)6(13)5-9(14)15/h3-4,6H,5,13H2,1-2H3,(H,14,15). The largest absolute Gasteiger partial charge is 0.496 e. The fourth-order valence-corrected chi connectivity index (χ4v) is 2.31. The Balaban J connectivity index is 3.22. The first-order chi connectivity index (χ1) is 8.01. The number of carboxylic acids is 1. The van der Waals surface area contributed by atoms with Gasteiger partial charge in [-0.25, -0.2) is 0 Å². The summed E-state index contributed by atoms with van der Waals surface area (Å²) in [6.45, 7) is 0. The molecule has 0 bridgehead atoms. The van der Waals surface area contributed by atoms with E-state index in [0.717, 1.165) is 0 Å². The molecule has 0 heterocycles. The topological polar surface area (TPSA) is 81.8 Å². The molecule has 1 rings (SSSR count). The molecule has 0 spiro atoms. The van der Waals surface area contributed by atoms with Gasteiger partial charge in [-0.2, -0.15) is 0 Å². The molecular weight excluding hydrogens is 290 g/mol. The van der Waals surface area contributed by atoms with Crippen molar-refractivity contribution >= 4 is 21.9 Å². The molecule has 94 valence electrons. The second kappa shape index (κ2) is 5.88. The maximum absolute atomic E-state index is 10.7. The number of carbonyl (C=O) groups is 1. The molecule has 0 saturated carbocycles. The number of rotatable bonds is 5. The van der Waals surface area contributed by atoms with Crippen LogP contribution in [0.15, 0.2) is 16.6 Å². The Hall–Kier alpha value is -1.27.